The zero-order valence-corrected chi connectivity index (χ0v) is 15.6. The molecule has 27 heavy (non-hydrogen) atoms. The van der Waals surface area contributed by atoms with Crippen molar-refractivity contribution >= 4 is 23.7 Å². The maximum atomic E-state index is 11.1. The first-order valence-electron chi connectivity index (χ1n) is 8.04. The van der Waals surface area contributed by atoms with E-state index in [-0.39, 0.29) is 11.4 Å². The second-order valence-electron chi connectivity index (χ2n) is 5.55. The molecule has 0 radical (unpaired) electrons. The maximum absolute atomic E-state index is 11.1. The first-order chi connectivity index (χ1) is 13.1. The summed E-state index contributed by atoms with van der Waals surface area (Å²) in [4.78, 5) is 10.7. The van der Waals surface area contributed by atoms with Gasteiger partial charge < -0.3 is 4.74 Å². The van der Waals surface area contributed by atoms with Crippen molar-refractivity contribution in [1.29, 1.82) is 0 Å². The number of ether oxygens (including phenoxy) is 1. The lowest BCUT2D eigenvalue weighted by Crippen LogP contribution is -1.98. The summed E-state index contributed by atoms with van der Waals surface area (Å²) in [5.74, 6) is 1.57. The summed E-state index contributed by atoms with van der Waals surface area (Å²) in [5, 5.41) is 24.4. The molecule has 1 aromatic heterocycles. The van der Waals surface area contributed by atoms with Crippen LogP contribution in [0.3, 0.4) is 0 Å². The van der Waals surface area contributed by atoms with Gasteiger partial charge in [0.05, 0.1) is 18.2 Å². The van der Waals surface area contributed by atoms with Crippen molar-refractivity contribution in [2.24, 2.45) is 5.10 Å². The lowest BCUT2D eigenvalue weighted by atomic mass is 10.2. The van der Waals surface area contributed by atoms with Gasteiger partial charge in [-0.2, -0.15) is 9.78 Å². The highest BCUT2D eigenvalue weighted by molar-refractivity contribution is 7.98. The van der Waals surface area contributed by atoms with Gasteiger partial charge in [0.15, 0.2) is 11.6 Å². The number of thioether (sulfide) groups is 1. The van der Waals surface area contributed by atoms with Crippen molar-refractivity contribution in [2.45, 2.75) is 17.8 Å². The van der Waals surface area contributed by atoms with Crippen LogP contribution in [0.25, 0.3) is 0 Å². The van der Waals surface area contributed by atoms with Gasteiger partial charge in [0.25, 0.3) is 0 Å². The normalized spacial score (nSPS) is 11.0. The quantitative estimate of drug-likeness (QED) is 0.267. The van der Waals surface area contributed by atoms with Crippen LogP contribution in [0.2, 0.25) is 0 Å². The topological polar surface area (TPSA) is 95.4 Å². The average Bonchev–Trinajstić information content (AvgIpc) is 3.04. The lowest BCUT2D eigenvalue weighted by Gasteiger charge is -2.04. The van der Waals surface area contributed by atoms with E-state index in [0.29, 0.717) is 16.5 Å². The smallest absolute Gasteiger partial charge is 0.311 e. The van der Waals surface area contributed by atoms with Crippen LogP contribution in [0.15, 0.2) is 58.8 Å². The molecule has 2 aromatic carbocycles. The molecule has 0 saturated carbocycles. The van der Waals surface area contributed by atoms with E-state index >= 15 is 0 Å². The number of methoxy groups -OCH3 is 1. The summed E-state index contributed by atoms with van der Waals surface area (Å²) < 4.78 is 6.62. The van der Waals surface area contributed by atoms with Gasteiger partial charge in [0.2, 0.25) is 5.16 Å². The molecule has 0 spiro atoms. The van der Waals surface area contributed by atoms with Crippen LogP contribution in [0.4, 0.5) is 5.69 Å². The summed E-state index contributed by atoms with van der Waals surface area (Å²) in [6.07, 6.45) is 1.54. The maximum Gasteiger partial charge on any atom is 0.311 e. The van der Waals surface area contributed by atoms with Gasteiger partial charge >= 0.3 is 5.69 Å². The fourth-order valence-electron chi connectivity index (χ4n) is 2.34. The number of nitro groups is 1. The minimum Gasteiger partial charge on any atom is -0.490 e. The second kappa shape index (κ2) is 8.45. The molecule has 3 rings (SSSR count). The number of hydrogen-bond acceptors (Lipinski definition) is 7. The van der Waals surface area contributed by atoms with Gasteiger partial charge in [-0.15, -0.1) is 10.2 Å². The van der Waals surface area contributed by atoms with Crippen molar-refractivity contribution in [3.05, 3.63) is 75.6 Å². The van der Waals surface area contributed by atoms with E-state index in [1.165, 1.54) is 36.7 Å². The molecule has 0 atom stereocenters. The molecule has 9 heteroatoms. The highest BCUT2D eigenvalue weighted by atomic mass is 32.2. The third kappa shape index (κ3) is 4.50. The molecule has 0 bridgehead atoms. The molecule has 1 heterocycles. The molecule has 0 fully saturated rings. The molecule has 8 nitrogen and oxygen atoms in total. The third-order valence-electron chi connectivity index (χ3n) is 3.70. The Bertz CT molecular complexity index is 972. The average molecular weight is 383 g/mol. The van der Waals surface area contributed by atoms with Gasteiger partial charge in [-0.3, -0.25) is 10.1 Å². The number of rotatable bonds is 7. The zero-order chi connectivity index (χ0) is 19.2. The fraction of sp³-hybridized carbons (Fsp3) is 0.167. The van der Waals surface area contributed by atoms with E-state index in [1.54, 1.807) is 23.7 Å². The van der Waals surface area contributed by atoms with Crippen molar-refractivity contribution < 1.29 is 9.66 Å². The molecule has 0 aliphatic carbocycles. The summed E-state index contributed by atoms with van der Waals surface area (Å²) in [6, 6.07) is 14.7. The van der Waals surface area contributed by atoms with Crippen molar-refractivity contribution in [3.63, 3.8) is 0 Å². The molecule has 0 N–H and O–H groups in total. The van der Waals surface area contributed by atoms with Crippen molar-refractivity contribution in [3.8, 4) is 5.75 Å². The second-order valence-corrected chi connectivity index (χ2v) is 6.49. The molecule has 0 aliphatic rings. The Morgan fingerprint density at radius 1 is 1.26 bits per heavy atom. The summed E-state index contributed by atoms with van der Waals surface area (Å²) >= 11 is 1.52. The standard InChI is InChI=1S/C18H17N5O3S/c1-13-20-21-18(27-12-14-6-4-3-5-7-14)22(13)19-11-15-8-9-17(26-2)16(10-15)23(24)25/h3-11H,12H2,1-2H3/b19-11+. The zero-order valence-electron chi connectivity index (χ0n) is 14.8. The molecular formula is C18H17N5O3S. The number of nitrogens with zero attached hydrogens (tertiary/aromatic N) is 5. The lowest BCUT2D eigenvalue weighted by molar-refractivity contribution is -0.385. The van der Waals surface area contributed by atoms with E-state index in [4.69, 9.17) is 4.74 Å². The van der Waals surface area contributed by atoms with Crippen LogP contribution in [0, 0.1) is 17.0 Å². The Hall–Kier alpha value is -3.20. The summed E-state index contributed by atoms with van der Waals surface area (Å²) in [7, 11) is 1.40. The van der Waals surface area contributed by atoms with Crippen molar-refractivity contribution in [2.75, 3.05) is 7.11 Å². The first kappa shape index (κ1) is 18.6. The number of aromatic nitrogens is 3. The Labute approximate surface area is 160 Å². The largest absolute Gasteiger partial charge is 0.490 e. The molecule has 0 aliphatic heterocycles. The Morgan fingerprint density at radius 2 is 2.04 bits per heavy atom. The van der Waals surface area contributed by atoms with E-state index in [9.17, 15) is 10.1 Å². The SMILES string of the molecule is COc1ccc(/C=N/n2c(C)nnc2SCc2ccccc2)cc1[N+](=O)[O-]. The monoisotopic (exact) mass is 383 g/mol. The molecule has 138 valence electrons. The van der Waals surface area contributed by atoms with Crippen LogP contribution in [-0.2, 0) is 5.75 Å². The van der Waals surface area contributed by atoms with Gasteiger partial charge in [-0.05, 0) is 24.6 Å². The molecule has 0 saturated heterocycles. The van der Waals surface area contributed by atoms with E-state index < -0.39 is 4.92 Å². The highest BCUT2D eigenvalue weighted by Gasteiger charge is 2.15. The molecule has 3 aromatic rings. The Morgan fingerprint density at radius 3 is 2.74 bits per heavy atom. The van der Waals surface area contributed by atoms with Gasteiger partial charge in [0, 0.05) is 17.4 Å². The number of aryl methyl sites for hydroxylation is 1. The predicted molar refractivity (Wildman–Crippen MR) is 103 cm³/mol. The Kier molecular flexibility index (Phi) is 5.82. The fourth-order valence-corrected chi connectivity index (χ4v) is 3.23. The summed E-state index contributed by atoms with van der Waals surface area (Å²) in [6.45, 7) is 1.80. The first-order valence-corrected chi connectivity index (χ1v) is 9.02. The van der Waals surface area contributed by atoms with Crippen molar-refractivity contribution in [1.82, 2.24) is 14.9 Å². The van der Waals surface area contributed by atoms with Crippen LogP contribution in [0.1, 0.15) is 17.0 Å². The van der Waals surface area contributed by atoms with Gasteiger partial charge in [0.1, 0.15) is 0 Å². The summed E-state index contributed by atoms with van der Waals surface area (Å²) in [5.41, 5.74) is 1.64. The van der Waals surface area contributed by atoms with Gasteiger partial charge in [-0.25, -0.2) is 0 Å². The van der Waals surface area contributed by atoms with E-state index in [2.05, 4.69) is 15.3 Å². The third-order valence-corrected chi connectivity index (χ3v) is 4.69. The Balaban J connectivity index is 1.80. The number of nitro benzene ring substituents is 1. The van der Waals surface area contributed by atoms with E-state index in [0.717, 1.165) is 5.75 Å². The van der Waals surface area contributed by atoms with Crippen LogP contribution in [-0.4, -0.2) is 33.1 Å². The van der Waals surface area contributed by atoms with E-state index in [1.807, 2.05) is 30.3 Å². The van der Waals surface area contributed by atoms with Gasteiger partial charge in [-0.1, -0.05) is 42.1 Å². The molecule has 0 unspecified atom stereocenters. The molecule has 0 amide bonds. The van der Waals surface area contributed by atoms with Crippen LogP contribution in [0.5, 0.6) is 5.75 Å². The number of benzene rings is 2. The minimum atomic E-state index is -0.485. The highest BCUT2D eigenvalue weighted by Crippen LogP contribution is 2.27. The number of hydrogen-bond donors (Lipinski definition) is 0. The molecular weight excluding hydrogens is 366 g/mol. The van der Waals surface area contributed by atoms with Crippen LogP contribution < -0.4 is 4.74 Å². The minimum absolute atomic E-state index is 0.111. The van der Waals surface area contributed by atoms with Crippen LogP contribution >= 0.6 is 11.8 Å². The predicted octanol–water partition coefficient (Wildman–Crippen LogP) is 3.68.